The van der Waals surface area contributed by atoms with Gasteiger partial charge in [-0.25, -0.2) is 14.2 Å². The van der Waals surface area contributed by atoms with Gasteiger partial charge in [0.25, 0.3) is 0 Å². The second kappa shape index (κ2) is 5.48. The third kappa shape index (κ3) is 3.28. The largest absolute Gasteiger partial charge is 0.477 e. The molecule has 0 fully saturated rings. The van der Waals surface area contributed by atoms with Crippen molar-refractivity contribution in [2.75, 3.05) is 11.9 Å². The highest BCUT2D eigenvalue weighted by molar-refractivity contribution is 5.85. The Morgan fingerprint density at radius 1 is 1.26 bits per heavy atom. The molecule has 0 aliphatic heterocycles. The van der Waals surface area contributed by atoms with Crippen LogP contribution in [-0.4, -0.2) is 23.1 Å². The second-order valence-electron chi connectivity index (χ2n) is 4.17. The summed E-state index contributed by atoms with van der Waals surface area (Å²) in [7, 11) is 1.80. The molecule has 98 valence electrons. The SMILES string of the molecule is CN(Cc1ccc(F)cc1)c1cccc(C(=O)O)n1. The van der Waals surface area contributed by atoms with Crippen LogP contribution in [-0.2, 0) is 6.54 Å². The highest BCUT2D eigenvalue weighted by atomic mass is 19.1. The van der Waals surface area contributed by atoms with Crippen molar-refractivity contribution in [2.45, 2.75) is 6.54 Å². The molecule has 0 saturated heterocycles. The van der Waals surface area contributed by atoms with E-state index in [0.717, 1.165) is 5.56 Å². The number of carbonyl (C=O) groups is 1. The van der Waals surface area contributed by atoms with Gasteiger partial charge in [0.1, 0.15) is 11.6 Å². The maximum atomic E-state index is 12.8. The van der Waals surface area contributed by atoms with Crippen LogP contribution in [0.25, 0.3) is 0 Å². The molecule has 1 aromatic heterocycles. The number of nitrogens with zero attached hydrogens (tertiary/aromatic N) is 2. The van der Waals surface area contributed by atoms with E-state index >= 15 is 0 Å². The van der Waals surface area contributed by atoms with Gasteiger partial charge < -0.3 is 10.0 Å². The molecule has 1 aromatic carbocycles. The highest BCUT2D eigenvalue weighted by Crippen LogP contribution is 2.13. The first-order valence-corrected chi connectivity index (χ1v) is 5.72. The van der Waals surface area contributed by atoms with E-state index in [1.807, 2.05) is 0 Å². The van der Waals surface area contributed by atoms with Crippen molar-refractivity contribution in [3.8, 4) is 0 Å². The van der Waals surface area contributed by atoms with Gasteiger partial charge in [0.05, 0.1) is 0 Å². The number of hydrogen-bond acceptors (Lipinski definition) is 3. The molecule has 5 heteroatoms. The van der Waals surface area contributed by atoms with E-state index in [1.165, 1.54) is 18.2 Å². The first-order valence-electron chi connectivity index (χ1n) is 5.72. The first-order chi connectivity index (χ1) is 9.06. The fraction of sp³-hybridized carbons (Fsp3) is 0.143. The maximum absolute atomic E-state index is 12.8. The molecule has 19 heavy (non-hydrogen) atoms. The van der Waals surface area contributed by atoms with Crippen LogP contribution in [0.5, 0.6) is 0 Å². The lowest BCUT2D eigenvalue weighted by molar-refractivity contribution is 0.0690. The molecule has 0 spiro atoms. The van der Waals surface area contributed by atoms with E-state index in [9.17, 15) is 9.18 Å². The van der Waals surface area contributed by atoms with E-state index in [1.54, 1.807) is 36.2 Å². The fourth-order valence-electron chi connectivity index (χ4n) is 1.70. The van der Waals surface area contributed by atoms with Gasteiger partial charge in [0.15, 0.2) is 5.69 Å². The lowest BCUT2D eigenvalue weighted by Crippen LogP contribution is -2.18. The number of rotatable bonds is 4. The van der Waals surface area contributed by atoms with E-state index in [-0.39, 0.29) is 11.5 Å². The molecule has 0 saturated carbocycles. The summed E-state index contributed by atoms with van der Waals surface area (Å²) in [6.07, 6.45) is 0. The van der Waals surface area contributed by atoms with Crippen LogP contribution >= 0.6 is 0 Å². The molecule has 4 nitrogen and oxygen atoms in total. The number of anilines is 1. The molecule has 0 aliphatic carbocycles. The molecule has 0 bridgehead atoms. The van der Waals surface area contributed by atoms with Crippen LogP contribution in [0.2, 0.25) is 0 Å². The summed E-state index contributed by atoms with van der Waals surface area (Å²) in [5.74, 6) is -0.779. The summed E-state index contributed by atoms with van der Waals surface area (Å²) in [5.41, 5.74) is 0.926. The molecule has 0 amide bonds. The molecule has 0 radical (unpaired) electrons. The second-order valence-corrected chi connectivity index (χ2v) is 4.17. The fourth-order valence-corrected chi connectivity index (χ4v) is 1.70. The summed E-state index contributed by atoms with van der Waals surface area (Å²) < 4.78 is 12.8. The van der Waals surface area contributed by atoms with Crippen LogP contribution in [0, 0.1) is 5.82 Å². The van der Waals surface area contributed by atoms with Crippen LogP contribution in [0.15, 0.2) is 42.5 Å². The van der Waals surface area contributed by atoms with Crippen LogP contribution in [0.3, 0.4) is 0 Å². The highest BCUT2D eigenvalue weighted by Gasteiger charge is 2.08. The van der Waals surface area contributed by atoms with Gasteiger partial charge in [-0.2, -0.15) is 0 Å². The number of carboxylic acids is 1. The Hall–Kier alpha value is -2.43. The Balaban J connectivity index is 2.15. The van der Waals surface area contributed by atoms with Gasteiger partial charge in [-0.05, 0) is 29.8 Å². The zero-order valence-electron chi connectivity index (χ0n) is 10.4. The van der Waals surface area contributed by atoms with Gasteiger partial charge in [0.2, 0.25) is 0 Å². The number of carboxylic acid groups (broad SMARTS) is 1. The van der Waals surface area contributed by atoms with Crippen molar-refractivity contribution in [3.63, 3.8) is 0 Å². The van der Waals surface area contributed by atoms with Crippen molar-refractivity contribution >= 4 is 11.8 Å². The van der Waals surface area contributed by atoms with E-state index in [4.69, 9.17) is 5.11 Å². The monoisotopic (exact) mass is 260 g/mol. The van der Waals surface area contributed by atoms with Gasteiger partial charge in [-0.1, -0.05) is 18.2 Å². The van der Waals surface area contributed by atoms with Crippen molar-refractivity contribution < 1.29 is 14.3 Å². The normalized spacial score (nSPS) is 10.2. The number of halogens is 1. The van der Waals surface area contributed by atoms with Crippen molar-refractivity contribution in [2.24, 2.45) is 0 Å². The molecule has 0 atom stereocenters. The molecule has 2 rings (SSSR count). The van der Waals surface area contributed by atoms with Gasteiger partial charge >= 0.3 is 5.97 Å². The van der Waals surface area contributed by atoms with Crippen LogP contribution < -0.4 is 4.90 Å². The molecule has 2 aromatic rings. The molecule has 0 aliphatic rings. The van der Waals surface area contributed by atoms with E-state index < -0.39 is 5.97 Å². The Labute approximate surface area is 110 Å². The van der Waals surface area contributed by atoms with Crippen molar-refractivity contribution in [1.82, 2.24) is 4.98 Å². The lowest BCUT2D eigenvalue weighted by atomic mass is 10.2. The summed E-state index contributed by atoms with van der Waals surface area (Å²) in [4.78, 5) is 16.7. The van der Waals surface area contributed by atoms with E-state index in [0.29, 0.717) is 12.4 Å². The zero-order valence-corrected chi connectivity index (χ0v) is 10.4. The number of aromatic carboxylic acids is 1. The standard InChI is InChI=1S/C14H13FN2O2/c1-17(9-10-5-7-11(15)8-6-10)13-4-2-3-12(16-13)14(18)19/h2-8H,9H2,1H3,(H,18,19). The van der Waals surface area contributed by atoms with Gasteiger partial charge in [-0.15, -0.1) is 0 Å². The van der Waals surface area contributed by atoms with E-state index in [2.05, 4.69) is 4.98 Å². The third-order valence-corrected chi connectivity index (χ3v) is 2.68. The Morgan fingerprint density at radius 3 is 2.58 bits per heavy atom. The predicted octanol–water partition coefficient (Wildman–Crippen LogP) is 2.56. The first kappa shape index (κ1) is 13.0. The Morgan fingerprint density at radius 2 is 1.95 bits per heavy atom. The summed E-state index contributed by atoms with van der Waals surface area (Å²) in [5, 5.41) is 8.89. The molecule has 0 unspecified atom stereocenters. The summed E-state index contributed by atoms with van der Waals surface area (Å²) in [6, 6.07) is 11.0. The molecule has 1 heterocycles. The van der Waals surface area contributed by atoms with Crippen LogP contribution in [0.4, 0.5) is 10.2 Å². The minimum absolute atomic E-state index is 0.00320. The summed E-state index contributed by atoms with van der Waals surface area (Å²) in [6.45, 7) is 0.524. The van der Waals surface area contributed by atoms with Crippen LogP contribution in [0.1, 0.15) is 16.1 Å². The maximum Gasteiger partial charge on any atom is 0.354 e. The quantitative estimate of drug-likeness (QED) is 0.917. The molecule has 1 N–H and O–H groups in total. The number of hydrogen-bond donors (Lipinski definition) is 1. The topological polar surface area (TPSA) is 53.4 Å². The van der Waals surface area contributed by atoms with Crippen molar-refractivity contribution in [1.29, 1.82) is 0 Å². The average Bonchev–Trinajstić information content (AvgIpc) is 2.41. The zero-order chi connectivity index (χ0) is 13.8. The summed E-state index contributed by atoms with van der Waals surface area (Å²) >= 11 is 0. The molecular formula is C14H13FN2O2. The van der Waals surface area contributed by atoms with Gasteiger partial charge in [-0.3, -0.25) is 0 Å². The number of benzene rings is 1. The minimum Gasteiger partial charge on any atom is -0.477 e. The Bertz CT molecular complexity index is 584. The van der Waals surface area contributed by atoms with Gasteiger partial charge in [0, 0.05) is 13.6 Å². The minimum atomic E-state index is -1.06. The number of aromatic nitrogens is 1. The van der Waals surface area contributed by atoms with Crippen molar-refractivity contribution in [3.05, 3.63) is 59.5 Å². The molecular weight excluding hydrogens is 247 g/mol. The average molecular weight is 260 g/mol. The Kier molecular flexibility index (Phi) is 3.75. The lowest BCUT2D eigenvalue weighted by Gasteiger charge is -2.18. The third-order valence-electron chi connectivity index (χ3n) is 2.68. The smallest absolute Gasteiger partial charge is 0.354 e. The predicted molar refractivity (Wildman–Crippen MR) is 69.7 cm³/mol. The number of pyridine rings is 1.